The number of rotatable bonds is 2. The van der Waals surface area contributed by atoms with Crippen molar-refractivity contribution in [3.05, 3.63) is 88.7 Å². The van der Waals surface area contributed by atoms with E-state index in [4.69, 9.17) is 4.99 Å². The third kappa shape index (κ3) is 2.29. The zero-order valence-electron chi connectivity index (χ0n) is 16.5. The summed E-state index contributed by atoms with van der Waals surface area (Å²) in [6, 6.07) is 21.9. The average Bonchev–Trinajstić information content (AvgIpc) is 3.29. The number of aromatic nitrogens is 1. The van der Waals surface area contributed by atoms with Crippen LogP contribution in [0, 0.1) is 0 Å². The predicted octanol–water partition coefficient (Wildman–Crippen LogP) is 6.04. The first-order chi connectivity index (χ1) is 12.9. The first kappa shape index (κ1) is 16.6. The largest absolute Gasteiger partial charge is 0.357 e. The molecule has 1 aromatic heterocycles. The molecular weight excluding hydrogens is 328 g/mol. The number of aromatic amines is 1. The van der Waals surface area contributed by atoms with Gasteiger partial charge in [0.1, 0.15) is 0 Å². The molecule has 1 aliphatic heterocycles. The third-order valence-electron chi connectivity index (χ3n) is 6.75. The first-order valence-corrected chi connectivity index (χ1v) is 9.85. The maximum Gasteiger partial charge on any atom is 0.0746 e. The lowest BCUT2D eigenvalue weighted by Gasteiger charge is -2.28. The number of aliphatic imine (C=N–C) groups is 1. The monoisotopic (exact) mass is 354 g/mol. The minimum atomic E-state index is -0.0765. The summed E-state index contributed by atoms with van der Waals surface area (Å²) >= 11 is 0. The molecule has 2 aliphatic rings. The molecule has 0 amide bonds. The Hall–Kier alpha value is -2.61. The lowest BCUT2D eigenvalue weighted by Crippen LogP contribution is -2.27. The normalized spacial score (nSPS) is 21.6. The fourth-order valence-corrected chi connectivity index (χ4v) is 5.13. The van der Waals surface area contributed by atoms with Crippen LogP contribution in [-0.2, 0) is 17.3 Å². The maximum absolute atomic E-state index is 4.98. The number of fused-ring (bicyclic) bond motifs is 2. The summed E-state index contributed by atoms with van der Waals surface area (Å²) in [5.74, 6) is 0.469. The van der Waals surface area contributed by atoms with E-state index >= 15 is 0 Å². The molecule has 0 radical (unpaired) electrons. The maximum atomic E-state index is 4.98. The van der Waals surface area contributed by atoms with Crippen LogP contribution in [0.4, 0.5) is 5.69 Å². The van der Waals surface area contributed by atoms with Crippen molar-refractivity contribution in [2.24, 2.45) is 4.99 Å². The van der Waals surface area contributed by atoms with Crippen LogP contribution in [0.5, 0.6) is 0 Å². The summed E-state index contributed by atoms with van der Waals surface area (Å²) in [6.07, 6.45) is 1.10. The molecule has 1 atom stereocenters. The van der Waals surface area contributed by atoms with E-state index in [0.29, 0.717) is 5.92 Å². The Morgan fingerprint density at radius 2 is 1.56 bits per heavy atom. The van der Waals surface area contributed by atoms with Crippen LogP contribution >= 0.6 is 0 Å². The SMILES string of the molecule is CC1(C)C(c2ccc(C3Cc4ccccc4C3(C)C)[nH]2)=Nc2ccccc21. The lowest BCUT2D eigenvalue weighted by atomic mass is 9.77. The van der Waals surface area contributed by atoms with Gasteiger partial charge in [0.2, 0.25) is 0 Å². The summed E-state index contributed by atoms with van der Waals surface area (Å²) in [7, 11) is 0. The van der Waals surface area contributed by atoms with Crippen LogP contribution in [0.1, 0.15) is 61.7 Å². The minimum Gasteiger partial charge on any atom is -0.357 e. The summed E-state index contributed by atoms with van der Waals surface area (Å²) in [4.78, 5) is 8.72. The molecule has 3 aromatic rings. The molecule has 0 saturated carbocycles. The Morgan fingerprint density at radius 1 is 0.852 bits per heavy atom. The quantitative estimate of drug-likeness (QED) is 0.581. The zero-order valence-corrected chi connectivity index (χ0v) is 16.5. The third-order valence-corrected chi connectivity index (χ3v) is 6.75. The first-order valence-electron chi connectivity index (χ1n) is 9.85. The summed E-state index contributed by atoms with van der Waals surface area (Å²) in [6.45, 7) is 9.29. The molecule has 2 aromatic carbocycles. The highest BCUT2D eigenvalue weighted by atomic mass is 14.9. The molecule has 0 bridgehead atoms. The van der Waals surface area contributed by atoms with Gasteiger partial charge in [-0.05, 0) is 60.6 Å². The van der Waals surface area contributed by atoms with E-state index in [1.54, 1.807) is 0 Å². The molecule has 1 aliphatic carbocycles. The Bertz CT molecular complexity index is 1070. The molecule has 1 unspecified atom stereocenters. The van der Waals surface area contributed by atoms with Crippen molar-refractivity contribution in [2.45, 2.75) is 50.9 Å². The van der Waals surface area contributed by atoms with Gasteiger partial charge in [0.05, 0.1) is 17.1 Å². The number of H-pyrrole nitrogens is 1. The number of benzene rings is 2. The molecule has 136 valence electrons. The van der Waals surface area contributed by atoms with Gasteiger partial charge >= 0.3 is 0 Å². The average molecular weight is 354 g/mol. The van der Waals surface area contributed by atoms with Gasteiger partial charge in [0, 0.05) is 17.0 Å². The molecule has 0 saturated heterocycles. The van der Waals surface area contributed by atoms with Gasteiger partial charge in [-0.25, -0.2) is 0 Å². The highest BCUT2D eigenvalue weighted by molar-refractivity contribution is 6.11. The fraction of sp³-hybridized carbons (Fsp3) is 0.320. The summed E-state index contributed by atoms with van der Waals surface area (Å²) in [5.41, 5.74) is 9.04. The zero-order chi connectivity index (χ0) is 18.8. The van der Waals surface area contributed by atoms with E-state index in [1.807, 2.05) is 0 Å². The van der Waals surface area contributed by atoms with E-state index < -0.39 is 0 Å². The van der Waals surface area contributed by atoms with Crippen LogP contribution in [0.15, 0.2) is 65.7 Å². The number of para-hydroxylation sites is 1. The molecule has 27 heavy (non-hydrogen) atoms. The highest BCUT2D eigenvalue weighted by Gasteiger charge is 2.41. The van der Waals surface area contributed by atoms with E-state index in [1.165, 1.54) is 22.4 Å². The Balaban J connectivity index is 1.52. The molecular formula is C25H26N2. The van der Waals surface area contributed by atoms with E-state index in [2.05, 4.69) is 93.3 Å². The number of nitrogens with zero attached hydrogens (tertiary/aromatic N) is 1. The van der Waals surface area contributed by atoms with Gasteiger partial charge in [0.15, 0.2) is 0 Å². The van der Waals surface area contributed by atoms with Gasteiger partial charge in [-0.2, -0.15) is 0 Å². The van der Waals surface area contributed by atoms with Crippen molar-refractivity contribution in [1.82, 2.24) is 4.98 Å². The van der Waals surface area contributed by atoms with Crippen LogP contribution < -0.4 is 0 Å². The standard InChI is InChI=1S/C25H26N2/c1-24(2)17-10-6-5-9-16(17)15-19(24)21-13-14-22(26-21)23-25(3,4)18-11-7-8-12-20(18)27-23/h5-14,19,26H,15H2,1-4H3. The van der Waals surface area contributed by atoms with Crippen molar-refractivity contribution in [2.75, 3.05) is 0 Å². The fourth-order valence-electron chi connectivity index (χ4n) is 5.13. The Morgan fingerprint density at radius 3 is 2.30 bits per heavy atom. The van der Waals surface area contributed by atoms with Gasteiger partial charge in [0.25, 0.3) is 0 Å². The Kier molecular flexibility index (Phi) is 3.34. The van der Waals surface area contributed by atoms with Crippen molar-refractivity contribution in [1.29, 1.82) is 0 Å². The van der Waals surface area contributed by atoms with Crippen molar-refractivity contribution in [3.8, 4) is 0 Å². The molecule has 0 spiro atoms. The van der Waals surface area contributed by atoms with Crippen molar-refractivity contribution in [3.63, 3.8) is 0 Å². The molecule has 2 nitrogen and oxygen atoms in total. The molecule has 5 rings (SSSR count). The number of nitrogens with one attached hydrogen (secondary N) is 1. The summed E-state index contributed by atoms with van der Waals surface area (Å²) < 4.78 is 0. The van der Waals surface area contributed by atoms with E-state index in [0.717, 1.165) is 23.5 Å². The highest BCUT2D eigenvalue weighted by Crippen LogP contribution is 2.48. The van der Waals surface area contributed by atoms with E-state index in [-0.39, 0.29) is 10.8 Å². The molecule has 0 fully saturated rings. The topological polar surface area (TPSA) is 28.1 Å². The van der Waals surface area contributed by atoms with Crippen molar-refractivity contribution < 1.29 is 0 Å². The van der Waals surface area contributed by atoms with E-state index in [9.17, 15) is 0 Å². The predicted molar refractivity (Wildman–Crippen MR) is 112 cm³/mol. The summed E-state index contributed by atoms with van der Waals surface area (Å²) in [5, 5.41) is 0. The van der Waals surface area contributed by atoms with Gasteiger partial charge in [-0.3, -0.25) is 4.99 Å². The second kappa shape index (κ2) is 5.45. The van der Waals surface area contributed by atoms with Crippen LogP contribution in [0.25, 0.3) is 0 Å². The molecule has 2 heteroatoms. The molecule has 2 heterocycles. The molecule has 1 N–H and O–H groups in total. The number of hydrogen-bond acceptors (Lipinski definition) is 1. The minimum absolute atomic E-state index is 0.0765. The van der Waals surface area contributed by atoms with Gasteiger partial charge < -0.3 is 4.98 Å². The smallest absolute Gasteiger partial charge is 0.0746 e. The van der Waals surface area contributed by atoms with Crippen LogP contribution in [0.3, 0.4) is 0 Å². The number of hydrogen-bond donors (Lipinski definition) is 1. The lowest BCUT2D eigenvalue weighted by molar-refractivity contribution is 0.440. The van der Waals surface area contributed by atoms with Gasteiger partial charge in [-0.15, -0.1) is 0 Å². The van der Waals surface area contributed by atoms with Crippen LogP contribution in [0.2, 0.25) is 0 Å². The van der Waals surface area contributed by atoms with Crippen molar-refractivity contribution >= 4 is 11.4 Å². The van der Waals surface area contributed by atoms with Gasteiger partial charge in [-0.1, -0.05) is 56.3 Å². The second-order valence-electron chi connectivity index (χ2n) is 9.07. The Labute approximate surface area is 161 Å². The second-order valence-corrected chi connectivity index (χ2v) is 9.07. The van der Waals surface area contributed by atoms with Crippen LogP contribution in [-0.4, -0.2) is 10.7 Å².